The molecule has 2 aromatic rings. The molecule has 1 aliphatic carbocycles. The maximum absolute atomic E-state index is 15.5. The highest BCUT2D eigenvalue weighted by Crippen LogP contribution is 3.02. The number of benzene rings is 1. The number of nitrogens with zero attached hydrogens (tertiary/aromatic N) is 4. The zero-order valence-electron chi connectivity index (χ0n) is 22.5. The third-order valence-corrected chi connectivity index (χ3v) is 8.59. The van der Waals surface area contributed by atoms with E-state index in [1.165, 1.54) is 25.4 Å². The van der Waals surface area contributed by atoms with Crippen molar-refractivity contribution in [3.05, 3.63) is 54.1 Å². The summed E-state index contributed by atoms with van der Waals surface area (Å²) in [6.45, 7) is -0.0804. The predicted molar refractivity (Wildman–Crippen MR) is 139 cm³/mol. The van der Waals surface area contributed by atoms with Crippen LogP contribution in [0.15, 0.2) is 47.6 Å². The lowest BCUT2D eigenvalue weighted by atomic mass is 9.91. The van der Waals surface area contributed by atoms with E-state index in [9.17, 15) is 43.1 Å². The van der Waals surface area contributed by atoms with Crippen molar-refractivity contribution in [1.82, 2.24) is 15.2 Å². The van der Waals surface area contributed by atoms with Crippen LogP contribution < -0.4 is 10.2 Å². The van der Waals surface area contributed by atoms with Crippen molar-refractivity contribution in [3.63, 3.8) is 0 Å². The lowest BCUT2D eigenvalue weighted by molar-refractivity contribution is -0.129. The Bertz CT molecular complexity index is 1420. The van der Waals surface area contributed by atoms with Crippen LogP contribution in [-0.4, -0.2) is 59.5 Å². The monoisotopic (exact) mass is 641 g/mol. The average Bonchev–Trinajstić information content (AvgIpc) is 3.36. The van der Waals surface area contributed by atoms with Crippen molar-refractivity contribution in [1.29, 1.82) is 5.26 Å². The fourth-order valence-corrected chi connectivity index (χ4v) is 5.85. The topological polar surface area (TPSA) is 98.6 Å². The Balaban J connectivity index is 1.84. The Morgan fingerprint density at radius 3 is 2.40 bits per heavy atom. The number of aromatic nitrogens is 1. The van der Waals surface area contributed by atoms with Crippen LogP contribution in [0, 0.1) is 17.3 Å². The molecule has 1 unspecified atom stereocenters. The van der Waals surface area contributed by atoms with Crippen LogP contribution in [-0.2, 0) is 14.3 Å². The minimum atomic E-state index is -10.3. The first-order valence-corrected chi connectivity index (χ1v) is 14.9. The van der Waals surface area contributed by atoms with Gasteiger partial charge in [0.05, 0.1) is 18.3 Å². The van der Waals surface area contributed by atoms with E-state index in [0.717, 1.165) is 11.1 Å². The molecule has 1 saturated heterocycles. The molecule has 3 atom stereocenters. The maximum atomic E-state index is 15.5. The van der Waals surface area contributed by atoms with Crippen LogP contribution in [0.1, 0.15) is 43.7 Å². The largest absolute Gasteiger partial charge is 0.379 e. The van der Waals surface area contributed by atoms with E-state index in [1.807, 2.05) is 0 Å². The maximum Gasteiger partial charge on any atom is 0.310 e. The second kappa shape index (κ2) is 10.8. The van der Waals surface area contributed by atoms with Crippen LogP contribution in [0.2, 0.25) is 0 Å². The van der Waals surface area contributed by atoms with Crippen molar-refractivity contribution < 1.29 is 46.9 Å². The van der Waals surface area contributed by atoms with E-state index < -0.39 is 87.5 Å². The summed E-state index contributed by atoms with van der Waals surface area (Å²) in [6, 6.07) is -1.63. The average molecular weight is 642 g/mol. The summed E-state index contributed by atoms with van der Waals surface area (Å²) in [5.74, 6) is -6.99. The number of hydrogen-bond acceptors (Lipinski definition) is 6. The summed E-state index contributed by atoms with van der Waals surface area (Å²) in [7, 11) is -9.04. The van der Waals surface area contributed by atoms with Gasteiger partial charge in [0.25, 0.3) is 5.91 Å². The zero-order chi connectivity index (χ0) is 31.9. The third kappa shape index (κ3) is 7.29. The summed E-state index contributed by atoms with van der Waals surface area (Å²) in [6.07, 6.45) is 2.05. The van der Waals surface area contributed by atoms with E-state index in [-0.39, 0.29) is 37.4 Å². The van der Waals surface area contributed by atoms with E-state index in [0.29, 0.717) is 11.0 Å². The number of carbonyl (C=O) groups excluding carboxylic acids is 2. The minimum absolute atomic E-state index is 0.0597. The molecular formula is C26H27F8N5O3S. The van der Waals surface area contributed by atoms with Crippen LogP contribution in [0.4, 0.5) is 38.3 Å². The van der Waals surface area contributed by atoms with Crippen LogP contribution >= 0.6 is 10.2 Å². The number of pyridine rings is 1. The normalized spacial score (nSPS) is 23.0. The van der Waals surface area contributed by atoms with Crippen molar-refractivity contribution >= 4 is 27.7 Å². The van der Waals surface area contributed by atoms with E-state index in [4.69, 9.17) is 4.74 Å². The van der Waals surface area contributed by atoms with Crippen LogP contribution in [0.3, 0.4) is 0 Å². The lowest BCUT2D eigenvalue weighted by Gasteiger charge is -2.41. The molecule has 1 N–H and O–H groups in total. The summed E-state index contributed by atoms with van der Waals surface area (Å²) in [5.41, 5.74) is -1.02. The molecule has 2 aliphatic rings. The van der Waals surface area contributed by atoms with Gasteiger partial charge in [-0.15, -0.1) is 0 Å². The molecule has 1 aliphatic heterocycles. The molecule has 1 saturated carbocycles. The van der Waals surface area contributed by atoms with Gasteiger partial charge in [0.1, 0.15) is 22.8 Å². The highest BCUT2D eigenvalue weighted by Gasteiger charge is 2.65. The molecule has 8 nitrogen and oxygen atoms in total. The van der Waals surface area contributed by atoms with Gasteiger partial charge in [-0.05, 0) is 37.1 Å². The Morgan fingerprint density at radius 1 is 1.19 bits per heavy atom. The van der Waals surface area contributed by atoms with E-state index in [2.05, 4.69) is 10.3 Å². The summed E-state index contributed by atoms with van der Waals surface area (Å²) >= 11 is 0. The van der Waals surface area contributed by atoms with Gasteiger partial charge < -0.3 is 10.1 Å². The molecule has 1 aromatic carbocycles. The fraction of sp³-hybridized carbons (Fsp3) is 0.462. The molecular weight excluding hydrogens is 614 g/mol. The van der Waals surface area contributed by atoms with E-state index in [1.54, 1.807) is 6.19 Å². The number of anilines is 1. The molecule has 0 bridgehead atoms. The van der Waals surface area contributed by atoms with Crippen molar-refractivity contribution in [3.8, 4) is 6.19 Å². The van der Waals surface area contributed by atoms with Gasteiger partial charge in [0.2, 0.25) is 11.8 Å². The van der Waals surface area contributed by atoms with Crippen molar-refractivity contribution in [2.75, 3.05) is 18.6 Å². The predicted octanol–water partition coefficient (Wildman–Crippen LogP) is 6.22. The SMILES string of the molecule is CO[C@@H]1C[C@H](C(=O)N(c2ccc(S(F)(F)(F)(F)F)cc2F)C(C(=O)NC2CCC(F)(F)CC2)c2cccnc2)N(C#N)C1. The molecule has 236 valence electrons. The second-order valence-corrected chi connectivity index (χ2v) is 12.9. The van der Waals surface area contributed by atoms with Crippen LogP contribution in [0.5, 0.6) is 0 Å². The Kier molecular flexibility index (Phi) is 8.11. The molecule has 4 rings (SSSR count). The first-order valence-electron chi connectivity index (χ1n) is 13.0. The number of likely N-dealkylation sites (tertiary alicyclic amines) is 1. The van der Waals surface area contributed by atoms with Crippen LogP contribution in [0.25, 0.3) is 0 Å². The Labute approximate surface area is 241 Å². The van der Waals surface area contributed by atoms with Gasteiger partial charge >= 0.3 is 10.2 Å². The minimum Gasteiger partial charge on any atom is -0.379 e. The number of nitrogens with one attached hydrogen (secondary N) is 1. The number of alkyl halides is 2. The van der Waals surface area contributed by atoms with Gasteiger partial charge in [-0.3, -0.25) is 24.4 Å². The standard InChI is InChI=1S/C26H27F8N5O3S/c1-42-18-11-22(38(14-18)15-35)25(41)39(21-5-4-19(12-20(21)27)43(30,31,32,33)34)23(16-3-2-10-36-13-16)24(40)37-17-6-8-26(28,29)9-7-17/h2-5,10,12-13,17-18,22-23H,6-9,11,14H2,1H3,(H,37,40)/t18-,22-,23?/m1/s1. The summed E-state index contributed by atoms with van der Waals surface area (Å²) in [5, 5.41) is 12.2. The molecule has 2 fully saturated rings. The van der Waals surface area contributed by atoms with Gasteiger partial charge in [0, 0.05) is 50.4 Å². The highest BCUT2D eigenvalue weighted by molar-refractivity contribution is 8.45. The second-order valence-electron chi connectivity index (χ2n) is 10.5. The van der Waals surface area contributed by atoms with Crippen molar-refractivity contribution in [2.45, 2.75) is 67.2 Å². The number of ether oxygens (including phenoxy) is 1. The number of halogens is 8. The molecule has 17 heteroatoms. The fourth-order valence-electron chi connectivity index (χ4n) is 5.20. The molecule has 0 spiro atoms. The number of hydrogen-bond donors (Lipinski definition) is 1. The Hall–Kier alpha value is -3.65. The molecule has 0 radical (unpaired) electrons. The number of carbonyl (C=O) groups is 2. The molecule has 1 aromatic heterocycles. The quantitative estimate of drug-likeness (QED) is 0.272. The zero-order valence-corrected chi connectivity index (χ0v) is 23.4. The number of nitriles is 1. The first-order chi connectivity index (χ1) is 19.8. The number of methoxy groups -OCH3 is 1. The summed E-state index contributed by atoms with van der Waals surface area (Å²) in [4.78, 5) is 30.7. The summed E-state index contributed by atoms with van der Waals surface area (Å²) < 4.78 is 116. The van der Waals surface area contributed by atoms with E-state index >= 15 is 4.39 Å². The third-order valence-electron chi connectivity index (χ3n) is 7.44. The van der Waals surface area contributed by atoms with Gasteiger partial charge in [-0.2, -0.15) is 5.26 Å². The molecule has 2 heterocycles. The first kappa shape index (κ1) is 32.3. The lowest BCUT2D eigenvalue weighted by Crippen LogP contribution is -2.52. The Morgan fingerprint density at radius 2 is 1.86 bits per heavy atom. The smallest absolute Gasteiger partial charge is 0.310 e. The number of amides is 2. The molecule has 43 heavy (non-hydrogen) atoms. The van der Waals surface area contributed by atoms with Gasteiger partial charge in [0.15, 0.2) is 6.19 Å². The molecule has 2 amide bonds. The number of rotatable bonds is 8. The van der Waals surface area contributed by atoms with Crippen molar-refractivity contribution in [2.24, 2.45) is 0 Å². The van der Waals surface area contributed by atoms with Gasteiger partial charge in [-0.1, -0.05) is 25.5 Å². The van der Waals surface area contributed by atoms with Gasteiger partial charge in [-0.25, -0.2) is 13.2 Å². The highest BCUT2D eigenvalue weighted by atomic mass is 32.5.